The van der Waals surface area contributed by atoms with Gasteiger partial charge in [0.05, 0.1) is 0 Å². The quantitative estimate of drug-likeness (QED) is 0.483. The van der Waals surface area contributed by atoms with E-state index in [0.29, 0.717) is 10.8 Å². The van der Waals surface area contributed by atoms with Crippen LogP contribution in [0.4, 0.5) is 5.69 Å². The molecule has 0 bridgehead atoms. The predicted octanol–water partition coefficient (Wildman–Crippen LogP) is 5.73. The molecule has 0 aliphatic carbocycles. The topological polar surface area (TPSA) is 43.3 Å². The van der Waals surface area contributed by atoms with Crippen molar-refractivity contribution in [3.05, 3.63) is 90.1 Å². The van der Waals surface area contributed by atoms with Gasteiger partial charge in [0.2, 0.25) is 5.91 Å². The van der Waals surface area contributed by atoms with Crippen LogP contribution in [-0.4, -0.2) is 10.5 Å². The molecule has 1 amide bonds. The van der Waals surface area contributed by atoms with Crippen LogP contribution in [-0.2, 0) is 11.3 Å². The van der Waals surface area contributed by atoms with Gasteiger partial charge >= 0.3 is 0 Å². The van der Waals surface area contributed by atoms with Crippen LogP contribution in [0.2, 0.25) is 5.02 Å². The van der Waals surface area contributed by atoms with Gasteiger partial charge in [0.25, 0.3) is 0 Å². The first-order valence-corrected chi connectivity index (χ1v) is 8.92. The molecule has 4 aromatic rings. The molecule has 4 rings (SSSR count). The third-order valence-corrected chi connectivity index (χ3v) is 4.40. The molecular formula is C22H17ClN2O2. The molecule has 1 heterocycles. The van der Waals surface area contributed by atoms with E-state index in [4.69, 9.17) is 16.3 Å². The number of amides is 1. The number of anilines is 1. The molecule has 0 aliphatic rings. The number of benzene rings is 3. The molecule has 27 heavy (non-hydrogen) atoms. The highest BCUT2D eigenvalue weighted by molar-refractivity contribution is 6.31. The van der Waals surface area contributed by atoms with E-state index < -0.39 is 0 Å². The van der Waals surface area contributed by atoms with Crippen molar-refractivity contribution in [2.45, 2.75) is 6.54 Å². The summed E-state index contributed by atoms with van der Waals surface area (Å²) in [5.74, 6) is 1.39. The highest BCUT2D eigenvalue weighted by Crippen LogP contribution is 2.23. The Kier molecular flexibility index (Phi) is 4.81. The fraction of sp³-hybridized carbons (Fsp3) is 0.0455. The molecule has 1 N–H and O–H groups in total. The lowest BCUT2D eigenvalue weighted by molar-refractivity contribution is -0.116. The summed E-state index contributed by atoms with van der Waals surface area (Å²) < 4.78 is 7.65. The summed E-state index contributed by atoms with van der Waals surface area (Å²) in [7, 11) is 0. The lowest BCUT2D eigenvalue weighted by Crippen LogP contribution is -2.18. The van der Waals surface area contributed by atoms with Crippen LogP contribution < -0.4 is 10.1 Å². The Morgan fingerprint density at radius 2 is 1.67 bits per heavy atom. The molecule has 0 unspecified atom stereocenters. The summed E-state index contributed by atoms with van der Waals surface area (Å²) >= 11 is 6.01. The second-order valence-corrected chi connectivity index (χ2v) is 6.57. The van der Waals surface area contributed by atoms with E-state index in [0.717, 1.165) is 22.3 Å². The Bertz CT molecular complexity index is 1070. The average molecular weight is 377 g/mol. The van der Waals surface area contributed by atoms with Gasteiger partial charge < -0.3 is 14.6 Å². The number of carbonyl (C=O) groups is 1. The molecule has 0 saturated carbocycles. The van der Waals surface area contributed by atoms with Crippen molar-refractivity contribution in [1.29, 1.82) is 0 Å². The average Bonchev–Trinajstić information content (AvgIpc) is 3.06. The van der Waals surface area contributed by atoms with Gasteiger partial charge in [-0.1, -0.05) is 29.8 Å². The first kappa shape index (κ1) is 17.2. The summed E-state index contributed by atoms with van der Waals surface area (Å²) in [5.41, 5.74) is 1.70. The van der Waals surface area contributed by atoms with E-state index in [1.165, 1.54) is 0 Å². The smallest absolute Gasteiger partial charge is 0.244 e. The Labute approximate surface area is 162 Å². The van der Waals surface area contributed by atoms with Crippen LogP contribution in [0.1, 0.15) is 0 Å². The minimum absolute atomic E-state index is 0.0980. The number of halogens is 1. The molecule has 0 radical (unpaired) electrons. The molecule has 3 aromatic carbocycles. The third-order valence-electron chi connectivity index (χ3n) is 4.16. The van der Waals surface area contributed by atoms with Crippen molar-refractivity contribution in [3.8, 4) is 11.5 Å². The fourth-order valence-corrected chi connectivity index (χ4v) is 3.08. The van der Waals surface area contributed by atoms with Crippen molar-refractivity contribution in [2.75, 3.05) is 5.32 Å². The van der Waals surface area contributed by atoms with Gasteiger partial charge in [0, 0.05) is 27.8 Å². The van der Waals surface area contributed by atoms with E-state index >= 15 is 0 Å². The summed E-state index contributed by atoms with van der Waals surface area (Å²) in [6, 6.07) is 24.4. The molecule has 134 valence electrons. The number of ether oxygens (including phenoxy) is 1. The minimum Gasteiger partial charge on any atom is -0.457 e. The van der Waals surface area contributed by atoms with Crippen molar-refractivity contribution in [3.63, 3.8) is 0 Å². The summed E-state index contributed by atoms with van der Waals surface area (Å²) in [4.78, 5) is 12.4. The second-order valence-electron chi connectivity index (χ2n) is 6.13. The van der Waals surface area contributed by atoms with Gasteiger partial charge in [0.15, 0.2) is 0 Å². The zero-order valence-electron chi connectivity index (χ0n) is 14.4. The van der Waals surface area contributed by atoms with Crippen LogP contribution in [0.5, 0.6) is 11.5 Å². The normalized spacial score (nSPS) is 10.7. The van der Waals surface area contributed by atoms with Gasteiger partial charge in [-0.15, -0.1) is 0 Å². The molecular weight excluding hydrogens is 360 g/mol. The molecule has 4 nitrogen and oxygen atoms in total. The third kappa shape index (κ3) is 4.13. The molecule has 0 aliphatic heterocycles. The van der Waals surface area contributed by atoms with Crippen LogP contribution in [0.15, 0.2) is 85.1 Å². The van der Waals surface area contributed by atoms with Gasteiger partial charge in [-0.3, -0.25) is 4.79 Å². The van der Waals surface area contributed by atoms with Gasteiger partial charge in [-0.05, 0) is 60.7 Å². The first-order chi connectivity index (χ1) is 13.2. The van der Waals surface area contributed by atoms with Crippen LogP contribution in [0, 0.1) is 0 Å². The summed E-state index contributed by atoms with van der Waals surface area (Å²) in [5, 5.41) is 4.60. The van der Waals surface area contributed by atoms with Gasteiger partial charge in [-0.25, -0.2) is 0 Å². The maximum absolute atomic E-state index is 12.4. The Morgan fingerprint density at radius 3 is 2.44 bits per heavy atom. The van der Waals surface area contributed by atoms with E-state index in [2.05, 4.69) is 5.32 Å². The summed E-state index contributed by atoms with van der Waals surface area (Å²) in [6.45, 7) is 0.230. The fourth-order valence-electron chi connectivity index (χ4n) is 2.90. The Morgan fingerprint density at radius 1 is 0.926 bits per heavy atom. The molecule has 0 spiro atoms. The maximum Gasteiger partial charge on any atom is 0.244 e. The number of nitrogens with zero attached hydrogens (tertiary/aromatic N) is 1. The number of nitrogens with one attached hydrogen (secondary N) is 1. The van der Waals surface area contributed by atoms with Gasteiger partial charge in [-0.2, -0.15) is 0 Å². The van der Waals surface area contributed by atoms with Crippen LogP contribution >= 0.6 is 11.6 Å². The zero-order chi connectivity index (χ0) is 18.6. The lowest BCUT2D eigenvalue weighted by Gasteiger charge is -2.09. The lowest BCUT2D eigenvalue weighted by atomic mass is 10.2. The van der Waals surface area contributed by atoms with Crippen molar-refractivity contribution < 1.29 is 9.53 Å². The highest BCUT2D eigenvalue weighted by atomic mass is 35.5. The maximum atomic E-state index is 12.4. The molecule has 0 atom stereocenters. The number of aromatic nitrogens is 1. The van der Waals surface area contributed by atoms with Crippen molar-refractivity contribution in [1.82, 2.24) is 4.57 Å². The Balaban J connectivity index is 1.40. The Hall–Kier alpha value is -3.24. The number of carbonyl (C=O) groups excluding carboxylic acids is 1. The number of fused-ring (bicyclic) bond motifs is 1. The number of hydrogen-bond acceptors (Lipinski definition) is 2. The molecule has 5 heteroatoms. The first-order valence-electron chi connectivity index (χ1n) is 8.55. The standard InChI is InChI=1S/C22H17ClN2O2/c23-17-6-11-21-16(14-17)12-13-25(21)15-22(26)24-18-7-9-20(10-8-18)27-19-4-2-1-3-5-19/h1-14H,15H2,(H,24,26). The number of hydrogen-bond donors (Lipinski definition) is 1. The number of rotatable bonds is 5. The predicted molar refractivity (Wildman–Crippen MR) is 109 cm³/mol. The van der Waals surface area contributed by atoms with E-state index in [1.807, 2.05) is 89.6 Å². The monoisotopic (exact) mass is 376 g/mol. The van der Waals surface area contributed by atoms with Crippen LogP contribution in [0.3, 0.4) is 0 Å². The van der Waals surface area contributed by atoms with E-state index in [9.17, 15) is 4.79 Å². The minimum atomic E-state index is -0.0980. The number of para-hydroxylation sites is 1. The highest BCUT2D eigenvalue weighted by Gasteiger charge is 2.07. The van der Waals surface area contributed by atoms with E-state index in [1.54, 1.807) is 0 Å². The van der Waals surface area contributed by atoms with Gasteiger partial charge in [0.1, 0.15) is 18.0 Å². The molecule has 0 saturated heterocycles. The SMILES string of the molecule is O=C(Cn1ccc2cc(Cl)ccc21)Nc1ccc(Oc2ccccc2)cc1. The molecule has 1 aromatic heterocycles. The van der Waals surface area contributed by atoms with Crippen molar-refractivity contribution in [2.24, 2.45) is 0 Å². The summed E-state index contributed by atoms with van der Waals surface area (Å²) in [6.07, 6.45) is 1.89. The molecule has 0 fully saturated rings. The van der Waals surface area contributed by atoms with E-state index in [-0.39, 0.29) is 12.5 Å². The zero-order valence-corrected chi connectivity index (χ0v) is 15.2. The largest absolute Gasteiger partial charge is 0.457 e. The van der Waals surface area contributed by atoms with Crippen molar-refractivity contribution >= 4 is 34.1 Å². The van der Waals surface area contributed by atoms with Crippen LogP contribution in [0.25, 0.3) is 10.9 Å². The second kappa shape index (κ2) is 7.56.